The Hall–Kier alpha value is -2.21. The Bertz CT molecular complexity index is 501. The number of benzene rings is 1. The third kappa shape index (κ3) is 2.79. The fourth-order valence-corrected chi connectivity index (χ4v) is 2.03. The van der Waals surface area contributed by atoms with Gasteiger partial charge in [0.15, 0.2) is 5.84 Å². The maximum Gasteiger partial charge on any atom is 0.330 e. The number of amidine groups is 1. The van der Waals surface area contributed by atoms with Gasteiger partial charge in [0, 0.05) is 0 Å². The second kappa shape index (κ2) is 5.62. The van der Waals surface area contributed by atoms with Crippen molar-refractivity contribution in [2.75, 3.05) is 6.54 Å². The SMILES string of the molecule is CC[NH2+]C1C(=N)N(Cc2ccccc2)C(=O)NC1=O. The molecule has 4 N–H and O–H groups in total. The number of nitrogens with two attached hydrogens (primary N) is 1. The molecule has 1 aromatic rings. The van der Waals surface area contributed by atoms with Crippen LogP contribution in [0, 0.1) is 5.41 Å². The van der Waals surface area contributed by atoms with Crippen molar-refractivity contribution in [1.29, 1.82) is 5.41 Å². The van der Waals surface area contributed by atoms with Crippen LogP contribution >= 0.6 is 0 Å². The molecule has 6 nitrogen and oxygen atoms in total. The summed E-state index contributed by atoms with van der Waals surface area (Å²) in [4.78, 5) is 24.8. The fraction of sp³-hybridized carbons (Fsp3) is 0.308. The molecule has 2 rings (SSSR count). The predicted octanol–water partition coefficient (Wildman–Crippen LogP) is -0.332. The maximum atomic E-state index is 11.8. The van der Waals surface area contributed by atoms with E-state index in [0.29, 0.717) is 13.1 Å². The van der Waals surface area contributed by atoms with Gasteiger partial charge in [-0.3, -0.25) is 20.4 Å². The number of hydrogen-bond acceptors (Lipinski definition) is 3. The van der Waals surface area contributed by atoms with E-state index in [1.807, 2.05) is 37.3 Å². The minimum atomic E-state index is -0.647. The quantitative estimate of drug-likeness (QED) is 0.692. The van der Waals surface area contributed by atoms with E-state index >= 15 is 0 Å². The Morgan fingerprint density at radius 2 is 2.00 bits per heavy atom. The highest BCUT2D eigenvalue weighted by atomic mass is 16.2. The van der Waals surface area contributed by atoms with E-state index in [4.69, 9.17) is 5.41 Å². The second-order valence-corrected chi connectivity index (χ2v) is 4.37. The summed E-state index contributed by atoms with van der Waals surface area (Å²) in [6.45, 7) is 2.87. The first-order valence-corrected chi connectivity index (χ1v) is 6.21. The molecule has 3 amide bonds. The number of amides is 3. The van der Waals surface area contributed by atoms with Gasteiger partial charge in [0.1, 0.15) is 0 Å². The first-order chi connectivity index (χ1) is 9.13. The molecule has 1 heterocycles. The maximum absolute atomic E-state index is 11.8. The van der Waals surface area contributed by atoms with E-state index in [1.54, 1.807) is 5.32 Å². The van der Waals surface area contributed by atoms with Gasteiger partial charge in [0.25, 0.3) is 5.91 Å². The molecule has 0 radical (unpaired) electrons. The highest BCUT2D eigenvalue weighted by molar-refractivity contribution is 6.18. The molecule has 0 saturated carbocycles. The van der Waals surface area contributed by atoms with Crippen LogP contribution in [0.1, 0.15) is 12.5 Å². The fourth-order valence-electron chi connectivity index (χ4n) is 2.03. The Balaban J connectivity index is 2.17. The summed E-state index contributed by atoms with van der Waals surface area (Å²) < 4.78 is 0. The molecule has 1 aliphatic heterocycles. The minimum Gasteiger partial charge on any atom is -0.330 e. The lowest BCUT2D eigenvalue weighted by Crippen LogP contribution is -2.96. The van der Waals surface area contributed by atoms with Crippen LogP contribution in [0.5, 0.6) is 0 Å². The molecule has 100 valence electrons. The van der Waals surface area contributed by atoms with Gasteiger partial charge in [-0.1, -0.05) is 30.3 Å². The van der Waals surface area contributed by atoms with Crippen molar-refractivity contribution in [2.24, 2.45) is 0 Å². The summed E-state index contributed by atoms with van der Waals surface area (Å²) in [7, 11) is 0. The number of urea groups is 1. The third-order valence-electron chi connectivity index (χ3n) is 3.00. The number of carbonyl (C=O) groups excluding carboxylic acids is 2. The van der Waals surface area contributed by atoms with E-state index in [1.165, 1.54) is 4.90 Å². The lowest BCUT2D eigenvalue weighted by Gasteiger charge is -2.30. The number of nitrogens with one attached hydrogen (secondary N) is 2. The third-order valence-corrected chi connectivity index (χ3v) is 3.00. The standard InChI is InChI=1S/C13H16N4O2/c1-2-15-10-11(14)17(13(19)16-12(10)18)8-9-6-4-3-5-7-9/h3-7,10,14-15H,2,8H2,1H3,(H,16,18,19)/p+1. The monoisotopic (exact) mass is 261 g/mol. The van der Waals surface area contributed by atoms with E-state index in [2.05, 4.69) is 5.32 Å². The summed E-state index contributed by atoms with van der Waals surface area (Å²) in [5, 5.41) is 12.1. The molecule has 0 bridgehead atoms. The number of nitrogens with zero attached hydrogens (tertiary/aromatic N) is 1. The minimum absolute atomic E-state index is 0.0412. The van der Waals surface area contributed by atoms with Crippen LogP contribution in [0.15, 0.2) is 30.3 Å². The number of likely N-dealkylation sites (N-methyl/N-ethyl adjacent to an activating group) is 1. The van der Waals surface area contributed by atoms with Crippen LogP contribution in [-0.4, -0.2) is 35.3 Å². The smallest absolute Gasteiger partial charge is 0.330 e. The molecule has 0 spiro atoms. The molecular formula is C13H17N4O2+. The van der Waals surface area contributed by atoms with E-state index < -0.39 is 18.0 Å². The van der Waals surface area contributed by atoms with Crippen LogP contribution in [-0.2, 0) is 11.3 Å². The molecule has 1 fully saturated rings. The molecule has 1 atom stereocenters. The van der Waals surface area contributed by atoms with Crippen molar-refractivity contribution in [3.8, 4) is 0 Å². The van der Waals surface area contributed by atoms with Crippen LogP contribution in [0.25, 0.3) is 0 Å². The van der Waals surface area contributed by atoms with Gasteiger partial charge in [-0.2, -0.15) is 0 Å². The summed E-state index contributed by atoms with van der Waals surface area (Å²) in [6, 6.07) is 8.24. The lowest BCUT2D eigenvalue weighted by atomic mass is 10.1. The Morgan fingerprint density at radius 3 is 2.63 bits per heavy atom. The van der Waals surface area contributed by atoms with Gasteiger partial charge in [-0.05, 0) is 12.5 Å². The van der Waals surface area contributed by atoms with Crippen molar-refractivity contribution in [3.05, 3.63) is 35.9 Å². The zero-order valence-electron chi connectivity index (χ0n) is 10.7. The van der Waals surface area contributed by atoms with Gasteiger partial charge in [-0.15, -0.1) is 0 Å². The van der Waals surface area contributed by atoms with Gasteiger partial charge >= 0.3 is 6.03 Å². The highest BCUT2D eigenvalue weighted by Gasteiger charge is 2.39. The molecule has 0 aromatic heterocycles. The van der Waals surface area contributed by atoms with E-state index in [-0.39, 0.29) is 5.84 Å². The van der Waals surface area contributed by atoms with Gasteiger partial charge in [-0.25, -0.2) is 4.79 Å². The second-order valence-electron chi connectivity index (χ2n) is 4.37. The van der Waals surface area contributed by atoms with Crippen LogP contribution < -0.4 is 10.6 Å². The molecule has 0 aliphatic carbocycles. The van der Waals surface area contributed by atoms with Crippen molar-refractivity contribution < 1.29 is 14.9 Å². The van der Waals surface area contributed by atoms with E-state index in [9.17, 15) is 9.59 Å². The van der Waals surface area contributed by atoms with Crippen molar-refractivity contribution in [3.63, 3.8) is 0 Å². The Labute approximate surface area is 111 Å². The van der Waals surface area contributed by atoms with Gasteiger partial charge in [0.2, 0.25) is 6.04 Å². The number of hydrogen-bond donors (Lipinski definition) is 3. The Kier molecular flexibility index (Phi) is 3.91. The van der Waals surface area contributed by atoms with Crippen molar-refractivity contribution >= 4 is 17.8 Å². The van der Waals surface area contributed by atoms with Crippen LogP contribution in [0.3, 0.4) is 0 Å². The molecule has 1 saturated heterocycles. The van der Waals surface area contributed by atoms with Crippen molar-refractivity contribution in [2.45, 2.75) is 19.5 Å². The first-order valence-electron chi connectivity index (χ1n) is 6.21. The summed E-state index contributed by atoms with van der Waals surface area (Å²) in [6.07, 6.45) is 0. The summed E-state index contributed by atoms with van der Waals surface area (Å²) in [5.41, 5.74) is 0.923. The molecule has 6 heteroatoms. The summed E-state index contributed by atoms with van der Waals surface area (Å²) >= 11 is 0. The normalized spacial score (nSPS) is 19.5. The molecule has 1 aromatic carbocycles. The van der Waals surface area contributed by atoms with E-state index in [0.717, 1.165) is 5.56 Å². The summed E-state index contributed by atoms with van der Waals surface area (Å²) in [5.74, 6) is -0.374. The number of imide groups is 1. The molecule has 19 heavy (non-hydrogen) atoms. The molecule has 1 aliphatic rings. The largest absolute Gasteiger partial charge is 0.330 e. The first kappa shape index (κ1) is 13.2. The van der Waals surface area contributed by atoms with Gasteiger partial charge < -0.3 is 5.32 Å². The van der Waals surface area contributed by atoms with Gasteiger partial charge in [0.05, 0.1) is 13.1 Å². The number of rotatable bonds is 4. The highest BCUT2D eigenvalue weighted by Crippen LogP contribution is 2.09. The Morgan fingerprint density at radius 1 is 1.32 bits per heavy atom. The van der Waals surface area contributed by atoms with Crippen LogP contribution in [0.4, 0.5) is 4.79 Å². The lowest BCUT2D eigenvalue weighted by molar-refractivity contribution is -0.660. The number of carbonyl (C=O) groups is 2. The van der Waals surface area contributed by atoms with Crippen LogP contribution in [0.2, 0.25) is 0 Å². The number of quaternary nitrogens is 1. The molecule has 1 unspecified atom stereocenters. The zero-order chi connectivity index (χ0) is 13.8. The predicted molar refractivity (Wildman–Crippen MR) is 69.5 cm³/mol. The average molecular weight is 261 g/mol. The zero-order valence-corrected chi connectivity index (χ0v) is 10.7. The topological polar surface area (TPSA) is 89.9 Å². The molecular weight excluding hydrogens is 244 g/mol. The van der Waals surface area contributed by atoms with Crippen molar-refractivity contribution in [1.82, 2.24) is 10.2 Å². The average Bonchev–Trinajstić information content (AvgIpc) is 2.41.